The molecule has 0 unspecified atom stereocenters. The molecule has 1 heterocycles. The van der Waals surface area contributed by atoms with Crippen molar-refractivity contribution >= 4 is 33.2 Å². The molecule has 3 rings (SSSR count). The number of halogens is 1. The summed E-state index contributed by atoms with van der Waals surface area (Å²) in [5, 5.41) is 0.716. The molecule has 0 aliphatic carbocycles. The van der Waals surface area contributed by atoms with Crippen molar-refractivity contribution < 1.29 is 18.7 Å². The molecule has 0 saturated heterocycles. The van der Waals surface area contributed by atoms with Crippen LogP contribution >= 0.6 is 11.3 Å². The fraction of sp³-hybridized carbons (Fsp3) is 0.0588. The van der Waals surface area contributed by atoms with Gasteiger partial charge in [-0.05, 0) is 36.4 Å². The van der Waals surface area contributed by atoms with E-state index in [-0.39, 0.29) is 17.1 Å². The number of hydrogen-bond acceptors (Lipinski definition) is 4. The Morgan fingerprint density at radius 3 is 2.41 bits per heavy atom. The zero-order valence-electron chi connectivity index (χ0n) is 11.6. The molecule has 0 saturated carbocycles. The number of carbonyl (C=O) groups is 2. The van der Waals surface area contributed by atoms with Gasteiger partial charge in [0.2, 0.25) is 0 Å². The van der Waals surface area contributed by atoms with Gasteiger partial charge in [0.1, 0.15) is 10.7 Å². The molecule has 0 N–H and O–H groups in total. The summed E-state index contributed by atoms with van der Waals surface area (Å²) in [5.74, 6) is -0.946. The van der Waals surface area contributed by atoms with Gasteiger partial charge >= 0.3 is 5.97 Å². The lowest BCUT2D eigenvalue weighted by atomic mass is 10.2. The molecule has 2 aromatic carbocycles. The highest BCUT2D eigenvalue weighted by atomic mass is 32.1. The molecule has 0 amide bonds. The van der Waals surface area contributed by atoms with Gasteiger partial charge in [-0.2, -0.15) is 0 Å². The first kappa shape index (κ1) is 14.4. The summed E-state index contributed by atoms with van der Waals surface area (Å²) in [6.45, 7) is 1.43. The van der Waals surface area contributed by atoms with Crippen LogP contribution in [0.4, 0.5) is 4.39 Å². The van der Waals surface area contributed by atoms with E-state index in [2.05, 4.69) is 0 Å². The lowest BCUT2D eigenvalue weighted by Gasteiger charge is -2.05. The highest BCUT2D eigenvalue weighted by Gasteiger charge is 2.20. The van der Waals surface area contributed by atoms with Crippen molar-refractivity contribution in [2.45, 2.75) is 6.92 Å². The number of ketones is 1. The average Bonchev–Trinajstić information content (AvgIpc) is 2.87. The summed E-state index contributed by atoms with van der Waals surface area (Å²) >= 11 is 1.28. The van der Waals surface area contributed by atoms with Gasteiger partial charge in [-0.15, -0.1) is 11.3 Å². The normalized spacial score (nSPS) is 10.6. The SMILES string of the molecule is CC(=O)c1sc2ccccc2c1OC(=O)c1ccc(F)cc1. The van der Waals surface area contributed by atoms with Crippen molar-refractivity contribution in [3.63, 3.8) is 0 Å². The van der Waals surface area contributed by atoms with Gasteiger partial charge < -0.3 is 4.74 Å². The zero-order valence-corrected chi connectivity index (χ0v) is 12.4. The number of ether oxygens (including phenoxy) is 1. The molecule has 0 fully saturated rings. The number of fused-ring (bicyclic) bond motifs is 1. The van der Waals surface area contributed by atoms with Crippen LogP contribution in [0.5, 0.6) is 5.75 Å². The summed E-state index contributed by atoms with van der Waals surface area (Å²) in [6.07, 6.45) is 0. The fourth-order valence-corrected chi connectivity index (χ4v) is 3.12. The number of benzene rings is 2. The second kappa shape index (κ2) is 5.69. The number of thiophene rings is 1. The Morgan fingerprint density at radius 2 is 1.73 bits per heavy atom. The summed E-state index contributed by atoms with van der Waals surface area (Å²) in [6, 6.07) is 12.4. The molecule has 0 spiro atoms. The molecule has 5 heteroatoms. The highest BCUT2D eigenvalue weighted by Crippen LogP contribution is 2.38. The molecule has 0 atom stereocenters. The molecule has 0 radical (unpaired) electrons. The Hall–Kier alpha value is -2.53. The molecule has 110 valence electrons. The molecule has 1 aromatic heterocycles. The van der Waals surface area contributed by atoms with E-state index in [4.69, 9.17) is 4.74 Å². The van der Waals surface area contributed by atoms with E-state index in [1.54, 1.807) is 6.07 Å². The van der Waals surface area contributed by atoms with E-state index in [9.17, 15) is 14.0 Å². The van der Waals surface area contributed by atoms with Gasteiger partial charge in [0.05, 0.1) is 5.56 Å². The van der Waals surface area contributed by atoms with Gasteiger partial charge in [0, 0.05) is 17.0 Å². The van der Waals surface area contributed by atoms with Crippen LogP contribution in [0.2, 0.25) is 0 Å². The second-order valence-electron chi connectivity index (χ2n) is 4.71. The van der Waals surface area contributed by atoms with E-state index < -0.39 is 11.8 Å². The maximum atomic E-state index is 12.9. The quantitative estimate of drug-likeness (QED) is 0.529. The summed E-state index contributed by atoms with van der Waals surface area (Å²) < 4.78 is 19.2. The third-order valence-electron chi connectivity index (χ3n) is 3.14. The van der Waals surface area contributed by atoms with Crippen LogP contribution in [0.25, 0.3) is 10.1 Å². The highest BCUT2D eigenvalue weighted by molar-refractivity contribution is 7.21. The predicted octanol–water partition coefficient (Wildman–Crippen LogP) is 4.46. The maximum absolute atomic E-state index is 12.9. The Morgan fingerprint density at radius 1 is 1.05 bits per heavy atom. The lowest BCUT2D eigenvalue weighted by molar-refractivity contribution is 0.0736. The van der Waals surface area contributed by atoms with Crippen molar-refractivity contribution in [1.82, 2.24) is 0 Å². The van der Waals surface area contributed by atoms with Crippen LogP contribution in [-0.4, -0.2) is 11.8 Å². The van der Waals surface area contributed by atoms with Crippen molar-refractivity contribution in [3.8, 4) is 5.75 Å². The summed E-state index contributed by atoms with van der Waals surface area (Å²) in [4.78, 5) is 24.4. The molecule has 22 heavy (non-hydrogen) atoms. The minimum atomic E-state index is -0.619. The third-order valence-corrected chi connectivity index (χ3v) is 4.40. The average molecular weight is 314 g/mol. The van der Waals surface area contributed by atoms with Gasteiger partial charge in [0.25, 0.3) is 0 Å². The largest absolute Gasteiger partial charge is 0.421 e. The van der Waals surface area contributed by atoms with E-state index in [1.165, 1.54) is 42.5 Å². The van der Waals surface area contributed by atoms with Crippen LogP contribution in [0, 0.1) is 5.82 Å². The minimum absolute atomic E-state index is 0.164. The standard InChI is InChI=1S/C17H11FO3S/c1-10(19)16-15(13-4-2-3-5-14(13)22-16)21-17(20)11-6-8-12(18)9-7-11/h2-9H,1H3. The molecule has 3 nitrogen and oxygen atoms in total. The van der Waals surface area contributed by atoms with Gasteiger partial charge in [-0.25, -0.2) is 9.18 Å². The van der Waals surface area contributed by atoms with E-state index >= 15 is 0 Å². The number of Topliss-reactive ketones (excluding diaryl/α,β-unsaturated/α-hetero) is 1. The third kappa shape index (κ3) is 2.63. The zero-order chi connectivity index (χ0) is 15.7. The summed E-state index contributed by atoms with van der Waals surface area (Å²) in [5.41, 5.74) is 0.228. The first-order valence-electron chi connectivity index (χ1n) is 6.56. The van der Waals surface area contributed by atoms with Crippen molar-refractivity contribution in [2.24, 2.45) is 0 Å². The number of carbonyl (C=O) groups excluding carboxylic acids is 2. The van der Waals surface area contributed by atoms with E-state index in [0.29, 0.717) is 10.3 Å². The number of esters is 1. The van der Waals surface area contributed by atoms with E-state index in [0.717, 1.165) is 4.70 Å². The maximum Gasteiger partial charge on any atom is 0.343 e. The fourth-order valence-electron chi connectivity index (χ4n) is 2.09. The topological polar surface area (TPSA) is 43.4 Å². The van der Waals surface area contributed by atoms with Crippen LogP contribution < -0.4 is 4.74 Å². The van der Waals surface area contributed by atoms with Gasteiger partial charge in [-0.3, -0.25) is 4.79 Å². The Balaban J connectivity index is 2.02. The lowest BCUT2D eigenvalue weighted by Crippen LogP contribution is -2.09. The van der Waals surface area contributed by atoms with Crippen molar-refractivity contribution in [1.29, 1.82) is 0 Å². The Kier molecular flexibility index (Phi) is 3.73. The number of hydrogen-bond donors (Lipinski definition) is 0. The first-order valence-corrected chi connectivity index (χ1v) is 7.38. The van der Waals surface area contributed by atoms with Crippen molar-refractivity contribution in [2.75, 3.05) is 0 Å². The molecular formula is C17H11FO3S. The molecule has 0 aliphatic rings. The van der Waals surface area contributed by atoms with Crippen LogP contribution in [0.15, 0.2) is 48.5 Å². The van der Waals surface area contributed by atoms with Gasteiger partial charge in [0.15, 0.2) is 11.5 Å². The van der Waals surface area contributed by atoms with Crippen molar-refractivity contribution in [3.05, 3.63) is 64.8 Å². The monoisotopic (exact) mass is 314 g/mol. The van der Waals surface area contributed by atoms with Crippen LogP contribution in [0.1, 0.15) is 27.0 Å². The van der Waals surface area contributed by atoms with Crippen LogP contribution in [-0.2, 0) is 0 Å². The van der Waals surface area contributed by atoms with Gasteiger partial charge in [-0.1, -0.05) is 12.1 Å². The molecule has 0 bridgehead atoms. The molecule has 3 aromatic rings. The molecule has 0 aliphatic heterocycles. The molecular weight excluding hydrogens is 303 g/mol. The minimum Gasteiger partial charge on any atom is -0.421 e. The first-order chi connectivity index (χ1) is 10.6. The summed E-state index contributed by atoms with van der Waals surface area (Å²) in [7, 11) is 0. The second-order valence-corrected chi connectivity index (χ2v) is 5.76. The number of rotatable bonds is 3. The Bertz CT molecular complexity index is 865. The predicted molar refractivity (Wildman–Crippen MR) is 83.2 cm³/mol. The Labute approximate surface area is 130 Å². The van der Waals surface area contributed by atoms with E-state index in [1.807, 2.05) is 18.2 Å². The van der Waals surface area contributed by atoms with Crippen LogP contribution in [0.3, 0.4) is 0 Å². The smallest absolute Gasteiger partial charge is 0.343 e.